The SMILES string of the molecule is Clc1ccc([C@@H]2CCC3CCC2N3)cn1.O=C(O)C(=O)O. The molecule has 3 atom stereocenters. The summed E-state index contributed by atoms with van der Waals surface area (Å²) in [4.78, 5) is 22.4. The second kappa shape index (κ2) is 6.87. The average molecular weight is 313 g/mol. The van der Waals surface area contributed by atoms with Crippen molar-refractivity contribution in [2.24, 2.45) is 0 Å². The molecule has 2 saturated heterocycles. The van der Waals surface area contributed by atoms with Crippen LogP contribution in [-0.2, 0) is 9.59 Å². The van der Waals surface area contributed by atoms with Crippen LogP contribution in [0.3, 0.4) is 0 Å². The van der Waals surface area contributed by atoms with Crippen LogP contribution < -0.4 is 5.32 Å². The molecule has 3 N–H and O–H groups in total. The minimum Gasteiger partial charge on any atom is -0.473 e. The number of halogens is 1. The second-order valence-electron chi connectivity index (χ2n) is 5.26. The highest BCUT2D eigenvalue weighted by atomic mass is 35.5. The van der Waals surface area contributed by atoms with Gasteiger partial charge in [-0.1, -0.05) is 17.7 Å². The first-order chi connectivity index (χ1) is 9.97. The maximum Gasteiger partial charge on any atom is 0.414 e. The highest BCUT2D eigenvalue weighted by molar-refractivity contribution is 6.29. The van der Waals surface area contributed by atoms with E-state index in [0.717, 1.165) is 6.04 Å². The Balaban J connectivity index is 0.000000232. The number of nitrogens with one attached hydrogen (secondary N) is 1. The number of hydrogen-bond donors (Lipinski definition) is 3. The van der Waals surface area contributed by atoms with Crippen LogP contribution in [0.15, 0.2) is 18.3 Å². The Morgan fingerprint density at radius 2 is 1.81 bits per heavy atom. The van der Waals surface area contributed by atoms with E-state index in [9.17, 15) is 0 Å². The van der Waals surface area contributed by atoms with E-state index in [-0.39, 0.29) is 0 Å². The molecule has 7 heteroatoms. The van der Waals surface area contributed by atoms with Crippen molar-refractivity contribution in [2.75, 3.05) is 0 Å². The van der Waals surface area contributed by atoms with Crippen molar-refractivity contribution in [3.05, 3.63) is 29.0 Å². The maximum absolute atomic E-state index is 9.10. The van der Waals surface area contributed by atoms with E-state index in [0.29, 0.717) is 17.1 Å². The molecule has 3 heterocycles. The molecule has 0 amide bonds. The fourth-order valence-electron chi connectivity index (χ4n) is 2.98. The van der Waals surface area contributed by atoms with Crippen LogP contribution in [0.25, 0.3) is 0 Å². The normalized spacial score (nSPS) is 26.6. The highest BCUT2D eigenvalue weighted by Gasteiger charge is 2.35. The van der Waals surface area contributed by atoms with Gasteiger partial charge < -0.3 is 15.5 Å². The first-order valence-corrected chi connectivity index (χ1v) is 7.19. The Morgan fingerprint density at radius 3 is 2.38 bits per heavy atom. The predicted octanol–water partition coefficient (Wildman–Crippen LogP) is 1.89. The van der Waals surface area contributed by atoms with Gasteiger partial charge in [0.25, 0.3) is 0 Å². The van der Waals surface area contributed by atoms with Gasteiger partial charge in [-0.15, -0.1) is 0 Å². The first-order valence-electron chi connectivity index (χ1n) is 6.81. The van der Waals surface area contributed by atoms with Gasteiger partial charge >= 0.3 is 11.9 Å². The summed E-state index contributed by atoms with van der Waals surface area (Å²) in [6.07, 6.45) is 7.21. The molecule has 0 aromatic carbocycles. The number of nitrogens with zero attached hydrogens (tertiary/aromatic N) is 1. The molecule has 0 saturated carbocycles. The lowest BCUT2D eigenvalue weighted by Crippen LogP contribution is -2.39. The molecule has 114 valence electrons. The van der Waals surface area contributed by atoms with Gasteiger partial charge in [0.05, 0.1) is 0 Å². The fraction of sp³-hybridized carbons (Fsp3) is 0.500. The van der Waals surface area contributed by atoms with Crippen molar-refractivity contribution >= 4 is 23.5 Å². The van der Waals surface area contributed by atoms with E-state index >= 15 is 0 Å². The van der Waals surface area contributed by atoms with Gasteiger partial charge in [0.1, 0.15) is 5.15 Å². The third-order valence-corrected chi connectivity index (χ3v) is 4.17. The molecule has 2 fully saturated rings. The van der Waals surface area contributed by atoms with Crippen LogP contribution in [0.4, 0.5) is 0 Å². The number of carbonyl (C=O) groups is 2. The monoisotopic (exact) mass is 312 g/mol. The second-order valence-corrected chi connectivity index (χ2v) is 5.64. The Hall–Kier alpha value is -1.66. The molecule has 2 aliphatic rings. The van der Waals surface area contributed by atoms with Crippen LogP contribution in [0.1, 0.15) is 37.2 Å². The molecular formula is C14H17ClN2O4. The van der Waals surface area contributed by atoms with Crippen molar-refractivity contribution < 1.29 is 19.8 Å². The molecule has 1 aromatic rings. The summed E-state index contributed by atoms with van der Waals surface area (Å²) >= 11 is 5.80. The van der Waals surface area contributed by atoms with Crippen LogP contribution >= 0.6 is 11.6 Å². The zero-order valence-electron chi connectivity index (χ0n) is 11.3. The summed E-state index contributed by atoms with van der Waals surface area (Å²) in [5.41, 5.74) is 1.34. The van der Waals surface area contributed by atoms with E-state index < -0.39 is 11.9 Å². The summed E-state index contributed by atoms with van der Waals surface area (Å²) in [7, 11) is 0. The number of hydrogen-bond acceptors (Lipinski definition) is 4. The third kappa shape index (κ3) is 4.15. The molecule has 3 rings (SSSR count). The van der Waals surface area contributed by atoms with E-state index in [1.54, 1.807) is 0 Å². The van der Waals surface area contributed by atoms with Gasteiger partial charge in [-0.05, 0) is 37.3 Å². The molecule has 21 heavy (non-hydrogen) atoms. The fourth-order valence-corrected chi connectivity index (χ4v) is 3.09. The van der Waals surface area contributed by atoms with E-state index in [1.165, 1.54) is 31.2 Å². The first kappa shape index (κ1) is 15.7. The number of aromatic nitrogens is 1. The van der Waals surface area contributed by atoms with Gasteiger partial charge in [0.15, 0.2) is 0 Å². The lowest BCUT2D eigenvalue weighted by molar-refractivity contribution is -0.159. The maximum atomic E-state index is 9.10. The number of fused-ring (bicyclic) bond motifs is 2. The Labute approximate surface area is 127 Å². The number of pyridine rings is 1. The van der Waals surface area contributed by atoms with Crippen LogP contribution in [0, 0.1) is 0 Å². The molecule has 6 nitrogen and oxygen atoms in total. The summed E-state index contributed by atoms with van der Waals surface area (Å²) in [6.45, 7) is 0. The van der Waals surface area contributed by atoms with Crippen LogP contribution in [0.5, 0.6) is 0 Å². The van der Waals surface area contributed by atoms with Crippen molar-refractivity contribution in [3.8, 4) is 0 Å². The Kier molecular flexibility index (Phi) is 5.14. The molecule has 2 aliphatic heterocycles. The van der Waals surface area contributed by atoms with Gasteiger partial charge in [0.2, 0.25) is 0 Å². The number of carboxylic acid groups (broad SMARTS) is 2. The lowest BCUT2D eigenvalue weighted by Gasteiger charge is -2.30. The lowest BCUT2D eigenvalue weighted by atomic mass is 9.86. The minimum absolute atomic E-state index is 0.590. The molecular weight excluding hydrogens is 296 g/mol. The molecule has 2 bridgehead atoms. The third-order valence-electron chi connectivity index (χ3n) is 3.95. The van der Waals surface area contributed by atoms with Gasteiger partial charge in [-0.2, -0.15) is 0 Å². The molecule has 0 radical (unpaired) electrons. The average Bonchev–Trinajstić information content (AvgIpc) is 2.83. The topological polar surface area (TPSA) is 99.5 Å². The number of aliphatic carboxylic acids is 2. The van der Waals surface area contributed by atoms with Gasteiger partial charge in [0, 0.05) is 24.2 Å². The van der Waals surface area contributed by atoms with E-state index in [2.05, 4.69) is 16.4 Å². The Bertz CT molecular complexity index is 508. The van der Waals surface area contributed by atoms with Crippen molar-refractivity contribution in [1.29, 1.82) is 0 Å². The molecule has 1 aromatic heterocycles. The molecule has 0 spiro atoms. The van der Waals surface area contributed by atoms with Crippen LogP contribution in [-0.4, -0.2) is 39.2 Å². The highest BCUT2D eigenvalue weighted by Crippen LogP contribution is 2.37. The van der Waals surface area contributed by atoms with Crippen molar-refractivity contribution in [1.82, 2.24) is 10.3 Å². The number of rotatable bonds is 1. The van der Waals surface area contributed by atoms with Gasteiger partial charge in [-0.25, -0.2) is 14.6 Å². The standard InChI is InChI=1S/C12H15ClN2.C2H2O4/c13-12-6-1-8(7-14-12)10-4-2-9-3-5-11(10)15-9;3-1(4)2(5)6/h1,6-7,9-11,15H,2-5H2;(H,3,4)(H,5,6)/t9?,10-,11?;/m0./s1. The van der Waals surface area contributed by atoms with E-state index in [4.69, 9.17) is 31.4 Å². The van der Waals surface area contributed by atoms with Crippen LogP contribution in [0.2, 0.25) is 5.15 Å². The summed E-state index contributed by atoms with van der Waals surface area (Å²) in [5.74, 6) is -3.00. The quantitative estimate of drug-likeness (QED) is 0.541. The van der Waals surface area contributed by atoms with Crippen molar-refractivity contribution in [3.63, 3.8) is 0 Å². The summed E-state index contributed by atoms with van der Waals surface area (Å²) in [6, 6.07) is 5.48. The molecule has 2 unspecified atom stereocenters. The molecule has 0 aliphatic carbocycles. The Morgan fingerprint density at radius 1 is 1.14 bits per heavy atom. The number of piperidine rings is 1. The summed E-state index contributed by atoms with van der Waals surface area (Å²) < 4.78 is 0. The van der Waals surface area contributed by atoms with Crippen molar-refractivity contribution in [2.45, 2.75) is 43.7 Å². The van der Waals surface area contributed by atoms with E-state index in [1.807, 2.05) is 12.3 Å². The van der Waals surface area contributed by atoms with Gasteiger partial charge in [-0.3, -0.25) is 0 Å². The zero-order valence-corrected chi connectivity index (χ0v) is 12.1. The smallest absolute Gasteiger partial charge is 0.414 e. The zero-order chi connectivity index (χ0) is 15.4. The largest absolute Gasteiger partial charge is 0.473 e. The minimum atomic E-state index is -1.82. The predicted molar refractivity (Wildman–Crippen MR) is 76.4 cm³/mol. The summed E-state index contributed by atoms with van der Waals surface area (Å²) in [5, 5.41) is 19.1. The number of carboxylic acids is 2.